The number of rotatable bonds is 2. The number of hydrogen-bond acceptors (Lipinski definition) is 5. The van der Waals surface area contributed by atoms with Gasteiger partial charge in [0.1, 0.15) is 5.01 Å². The molecule has 3 rings (SSSR count). The van der Waals surface area contributed by atoms with E-state index >= 15 is 0 Å². The first-order valence-corrected chi connectivity index (χ1v) is 9.77. The van der Waals surface area contributed by atoms with Gasteiger partial charge in [0.05, 0.1) is 22.6 Å². The van der Waals surface area contributed by atoms with Crippen LogP contribution in [0.5, 0.6) is 0 Å². The molecular weight excluding hydrogens is 316 g/mol. The number of nitrogens with zero attached hydrogens (tertiary/aromatic N) is 2. The summed E-state index contributed by atoms with van der Waals surface area (Å²) in [6.07, 6.45) is 0. The molecule has 2 aromatic rings. The standard InChI is InChI=1S/C16H16N2S3/c1-10-11(2)21-15(9-19-10)16-18-14(8-20-16)13-5-3-4-12(6-13)7-17/h3-6,8,10-11,15H,9H2,1-2H3. The molecule has 5 heteroatoms. The van der Waals surface area contributed by atoms with Crippen molar-refractivity contribution in [2.24, 2.45) is 0 Å². The molecule has 0 aliphatic carbocycles. The van der Waals surface area contributed by atoms with E-state index in [1.807, 2.05) is 47.8 Å². The smallest absolute Gasteiger partial charge is 0.107 e. The highest BCUT2D eigenvalue weighted by Crippen LogP contribution is 2.45. The number of nitriles is 1. The minimum Gasteiger partial charge on any atom is -0.240 e. The average Bonchev–Trinajstić information content (AvgIpc) is 3.00. The van der Waals surface area contributed by atoms with E-state index in [-0.39, 0.29) is 0 Å². The maximum atomic E-state index is 9.00. The van der Waals surface area contributed by atoms with Crippen LogP contribution < -0.4 is 0 Å². The summed E-state index contributed by atoms with van der Waals surface area (Å²) in [5.41, 5.74) is 2.71. The first kappa shape index (κ1) is 15.0. The summed E-state index contributed by atoms with van der Waals surface area (Å²) in [6, 6.07) is 9.86. The van der Waals surface area contributed by atoms with Crippen LogP contribution in [0.1, 0.15) is 29.7 Å². The van der Waals surface area contributed by atoms with Crippen LogP contribution >= 0.6 is 34.9 Å². The van der Waals surface area contributed by atoms with Crippen LogP contribution in [-0.2, 0) is 0 Å². The Balaban J connectivity index is 1.82. The fourth-order valence-electron chi connectivity index (χ4n) is 2.23. The molecule has 3 atom stereocenters. The Labute approximate surface area is 138 Å². The topological polar surface area (TPSA) is 36.7 Å². The first-order chi connectivity index (χ1) is 10.2. The second kappa shape index (κ2) is 6.43. The van der Waals surface area contributed by atoms with Crippen molar-refractivity contribution < 1.29 is 0 Å². The Kier molecular flexibility index (Phi) is 4.58. The molecule has 1 aliphatic heterocycles. The molecule has 108 valence electrons. The molecule has 0 radical (unpaired) electrons. The van der Waals surface area contributed by atoms with Gasteiger partial charge in [-0.15, -0.1) is 23.1 Å². The van der Waals surface area contributed by atoms with Gasteiger partial charge in [0.15, 0.2) is 0 Å². The number of thiazole rings is 1. The summed E-state index contributed by atoms with van der Waals surface area (Å²) in [7, 11) is 0. The third kappa shape index (κ3) is 3.28. The summed E-state index contributed by atoms with van der Waals surface area (Å²) >= 11 is 5.82. The first-order valence-electron chi connectivity index (χ1n) is 6.90. The second-order valence-corrected chi connectivity index (χ2v) is 9.02. The molecule has 3 unspecified atom stereocenters. The summed E-state index contributed by atoms with van der Waals surface area (Å²) in [5, 5.41) is 14.2. The molecule has 1 aromatic heterocycles. The van der Waals surface area contributed by atoms with Crippen LogP contribution in [0.15, 0.2) is 29.6 Å². The van der Waals surface area contributed by atoms with Gasteiger partial charge in [0.2, 0.25) is 0 Å². The van der Waals surface area contributed by atoms with Crippen molar-refractivity contribution in [2.75, 3.05) is 5.75 Å². The highest BCUT2D eigenvalue weighted by Gasteiger charge is 2.28. The molecule has 1 aliphatic rings. The Bertz CT molecular complexity index is 674. The van der Waals surface area contributed by atoms with E-state index in [1.165, 1.54) is 5.01 Å². The lowest BCUT2D eigenvalue weighted by Gasteiger charge is -2.30. The monoisotopic (exact) mass is 332 g/mol. The third-order valence-corrected chi connectivity index (χ3v) is 8.14. The van der Waals surface area contributed by atoms with Gasteiger partial charge in [-0.05, 0) is 12.1 Å². The lowest BCUT2D eigenvalue weighted by molar-refractivity contribution is 0.891. The summed E-state index contributed by atoms with van der Waals surface area (Å²) in [5.74, 6) is 1.14. The van der Waals surface area contributed by atoms with Crippen molar-refractivity contribution in [3.8, 4) is 17.3 Å². The number of thioether (sulfide) groups is 2. The second-order valence-electron chi connectivity index (χ2n) is 5.13. The van der Waals surface area contributed by atoms with E-state index in [0.29, 0.717) is 16.1 Å². The molecule has 1 aromatic carbocycles. The predicted molar refractivity (Wildman–Crippen MR) is 94.0 cm³/mol. The molecule has 1 fully saturated rings. The zero-order chi connectivity index (χ0) is 14.8. The molecule has 2 nitrogen and oxygen atoms in total. The lowest BCUT2D eigenvalue weighted by Crippen LogP contribution is -2.21. The van der Waals surface area contributed by atoms with Crippen molar-refractivity contribution in [1.82, 2.24) is 4.98 Å². The van der Waals surface area contributed by atoms with E-state index in [4.69, 9.17) is 10.2 Å². The van der Waals surface area contributed by atoms with Crippen LogP contribution in [0.2, 0.25) is 0 Å². The normalized spacial score (nSPS) is 25.5. The quantitative estimate of drug-likeness (QED) is 0.777. The number of hydrogen-bond donors (Lipinski definition) is 0. The van der Waals surface area contributed by atoms with Gasteiger partial charge in [-0.3, -0.25) is 0 Å². The third-order valence-electron chi connectivity index (χ3n) is 3.64. The van der Waals surface area contributed by atoms with Crippen molar-refractivity contribution in [2.45, 2.75) is 29.6 Å². The van der Waals surface area contributed by atoms with Gasteiger partial charge < -0.3 is 0 Å². The lowest BCUT2D eigenvalue weighted by atomic mass is 10.1. The minimum absolute atomic E-state index is 0.499. The maximum absolute atomic E-state index is 9.00. The van der Waals surface area contributed by atoms with Gasteiger partial charge in [0, 0.05) is 27.2 Å². The number of benzene rings is 1. The summed E-state index contributed by atoms with van der Waals surface area (Å²) in [4.78, 5) is 4.81. The Morgan fingerprint density at radius 3 is 2.90 bits per heavy atom. The van der Waals surface area contributed by atoms with Crippen LogP contribution in [0.4, 0.5) is 0 Å². The molecule has 2 heterocycles. The van der Waals surface area contributed by atoms with Gasteiger partial charge in [-0.2, -0.15) is 17.0 Å². The Morgan fingerprint density at radius 1 is 1.29 bits per heavy atom. The minimum atomic E-state index is 0.499. The molecule has 0 amide bonds. The summed E-state index contributed by atoms with van der Waals surface area (Å²) in [6.45, 7) is 4.61. The molecule has 0 saturated carbocycles. The van der Waals surface area contributed by atoms with Gasteiger partial charge in [-0.1, -0.05) is 26.0 Å². The van der Waals surface area contributed by atoms with E-state index in [9.17, 15) is 0 Å². The number of aromatic nitrogens is 1. The zero-order valence-corrected chi connectivity index (χ0v) is 14.4. The molecule has 0 spiro atoms. The van der Waals surface area contributed by atoms with Gasteiger partial charge >= 0.3 is 0 Å². The van der Waals surface area contributed by atoms with E-state index in [1.54, 1.807) is 11.3 Å². The zero-order valence-electron chi connectivity index (χ0n) is 11.9. The van der Waals surface area contributed by atoms with Gasteiger partial charge in [-0.25, -0.2) is 4.98 Å². The van der Waals surface area contributed by atoms with Crippen molar-refractivity contribution in [1.29, 1.82) is 5.26 Å². The predicted octanol–water partition coefficient (Wildman–Crippen LogP) is 4.98. The Morgan fingerprint density at radius 2 is 2.14 bits per heavy atom. The summed E-state index contributed by atoms with van der Waals surface area (Å²) < 4.78 is 0. The molecule has 21 heavy (non-hydrogen) atoms. The van der Waals surface area contributed by atoms with Gasteiger partial charge in [0.25, 0.3) is 0 Å². The van der Waals surface area contributed by atoms with Crippen LogP contribution in [0.25, 0.3) is 11.3 Å². The van der Waals surface area contributed by atoms with Crippen molar-refractivity contribution in [3.05, 3.63) is 40.2 Å². The fourth-order valence-corrected chi connectivity index (χ4v) is 6.27. The largest absolute Gasteiger partial charge is 0.240 e. The Hall–Kier alpha value is -0.960. The van der Waals surface area contributed by atoms with Crippen LogP contribution in [-0.4, -0.2) is 21.2 Å². The highest BCUT2D eigenvalue weighted by molar-refractivity contribution is 8.07. The molecule has 0 bridgehead atoms. The van der Waals surface area contributed by atoms with E-state index < -0.39 is 0 Å². The average molecular weight is 333 g/mol. The molecule has 1 saturated heterocycles. The van der Waals surface area contributed by atoms with Crippen molar-refractivity contribution >= 4 is 34.9 Å². The molecular formula is C16H16N2S3. The van der Waals surface area contributed by atoms with Crippen LogP contribution in [0, 0.1) is 11.3 Å². The van der Waals surface area contributed by atoms with E-state index in [2.05, 4.69) is 25.3 Å². The fraction of sp³-hybridized carbons (Fsp3) is 0.375. The van der Waals surface area contributed by atoms with Crippen molar-refractivity contribution in [3.63, 3.8) is 0 Å². The van der Waals surface area contributed by atoms with E-state index in [0.717, 1.165) is 22.3 Å². The highest BCUT2D eigenvalue weighted by atomic mass is 32.2. The molecule has 0 N–H and O–H groups in total. The maximum Gasteiger partial charge on any atom is 0.107 e. The van der Waals surface area contributed by atoms with Crippen LogP contribution in [0.3, 0.4) is 0 Å². The SMILES string of the molecule is CC1SCC(c2nc(-c3cccc(C#N)c3)cs2)SC1C.